The van der Waals surface area contributed by atoms with E-state index in [1.54, 1.807) is 0 Å². The van der Waals surface area contributed by atoms with Gasteiger partial charge in [0.25, 0.3) is 0 Å². The normalized spacial score (nSPS) is 13.8. The van der Waals surface area contributed by atoms with Crippen LogP contribution < -0.4 is 0 Å². The number of aliphatic hydroxyl groups excluding tert-OH is 1. The van der Waals surface area contributed by atoms with Crippen LogP contribution in [0.5, 0.6) is 0 Å². The average Bonchev–Trinajstić information content (AvgIpc) is 0.926. The second-order valence-corrected chi connectivity index (χ2v) is 32.9. The first kappa shape index (κ1) is 99.1. The lowest BCUT2D eigenvalue weighted by molar-refractivity contribution is -0.161. The van der Waals surface area contributed by atoms with E-state index in [0.717, 1.165) is 95.8 Å². The molecule has 0 bridgehead atoms. The molecule has 0 saturated carbocycles. The Balaban J connectivity index is 5.20. The summed E-state index contributed by atoms with van der Waals surface area (Å²) in [6.45, 7) is 7.34. The van der Waals surface area contributed by atoms with Gasteiger partial charge in [-0.25, -0.2) is 9.13 Å². The molecule has 0 aliphatic carbocycles. The molecule has 0 aliphatic rings. The Bertz CT molecular complexity index is 1930. The monoisotopic (exact) mass is 1480 g/mol. The Kier molecular flexibility index (Phi) is 73.5. The molecule has 0 aromatic carbocycles. The van der Waals surface area contributed by atoms with Gasteiger partial charge in [-0.05, 0) is 31.6 Å². The molecule has 0 amide bonds. The smallest absolute Gasteiger partial charge is 0.462 e. The van der Waals surface area contributed by atoms with Crippen LogP contribution in [-0.4, -0.2) is 96.7 Å². The number of unbranched alkanes of at least 4 members (excludes halogenated alkanes) is 54. The molecule has 0 fully saturated rings. The number of hydrogen-bond acceptors (Lipinski definition) is 15. The zero-order chi connectivity index (χ0) is 74.1. The number of carbonyl (C=O) groups is 4. The van der Waals surface area contributed by atoms with Gasteiger partial charge in [-0.15, -0.1) is 0 Å². The van der Waals surface area contributed by atoms with Gasteiger partial charge in [0, 0.05) is 25.7 Å². The molecule has 2 unspecified atom stereocenters. The number of aliphatic hydroxyl groups is 1. The predicted molar refractivity (Wildman–Crippen MR) is 414 cm³/mol. The Labute approximate surface area is 619 Å². The number of hydrogen-bond donors (Lipinski definition) is 3. The molecule has 0 saturated heterocycles. The van der Waals surface area contributed by atoms with Gasteiger partial charge in [0.2, 0.25) is 0 Å². The van der Waals surface area contributed by atoms with Gasteiger partial charge < -0.3 is 33.8 Å². The molecule has 0 rings (SSSR count). The van der Waals surface area contributed by atoms with Gasteiger partial charge in [0.15, 0.2) is 12.2 Å². The lowest BCUT2D eigenvalue weighted by Crippen LogP contribution is -2.30. The minimum atomic E-state index is -4.96. The Morgan fingerprint density at radius 2 is 0.455 bits per heavy atom. The Morgan fingerprint density at radius 1 is 0.267 bits per heavy atom. The number of phosphoric acid groups is 2. The largest absolute Gasteiger partial charge is 0.472 e. The molecule has 0 radical (unpaired) electrons. The molecule has 3 N–H and O–H groups in total. The van der Waals surface area contributed by atoms with Crippen molar-refractivity contribution in [1.29, 1.82) is 0 Å². The van der Waals surface area contributed by atoms with E-state index < -0.39 is 97.5 Å². The first-order chi connectivity index (χ1) is 49.0. The number of phosphoric ester groups is 2. The van der Waals surface area contributed by atoms with Crippen molar-refractivity contribution in [1.82, 2.24) is 0 Å². The van der Waals surface area contributed by atoms with Gasteiger partial charge in [0.1, 0.15) is 19.3 Å². The third kappa shape index (κ3) is 76.1. The highest BCUT2D eigenvalue weighted by Gasteiger charge is 2.30. The summed E-state index contributed by atoms with van der Waals surface area (Å²) in [6.07, 6.45) is 66.6. The minimum Gasteiger partial charge on any atom is -0.462 e. The van der Waals surface area contributed by atoms with Crippen molar-refractivity contribution >= 4 is 39.5 Å². The van der Waals surface area contributed by atoms with E-state index >= 15 is 0 Å². The van der Waals surface area contributed by atoms with Crippen LogP contribution in [-0.2, 0) is 65.4 Å². The van der Waals surface area contributed by atoms with Crippen molar-refractivity contribution < 1.29 is 80.2 Å². The van der Waals surface area contributed by atoms with E-state index in [9.17, 15) is 43.2 Å². The summed E-state index contributed by atoms with van der Waals surface area (Å²) < 4.78 is 68.7. The van der Waals surface area contributed by atoms with Crippen LogP contribution in [0.3, 0.4) is 0 Å². The van der Waals surface area contributed by atoms with Gasteiger partial charge in [0.05, 0.1) is 26.4 Å². The van der Waals surface area contributed by atoms with Crippen LogP contribution in [0.4, 0.5) is 0 Å². The Morgan fingerprint density at radius 3 is 0.673 bits per heavy atom. The van der Waals surface area contributed by atoms with Crippen molar-refractivity contribution in [3.8, 4) is 0 Å². The number of esters is 4. The van der Waals surface area contributed by atoms with Crippen molar-refractivity contribution in [2.24, 2.45) is 5.92 Å². The van der Waals surface area contributed by atoms with Gasteiger partial charge in [-0.1, -0.05) is 388 Å². The third-order valence-corrected chi connectivity index (χ3v) is 21.2. The maximum Gasteiger partial charge on any atom is 0.472 e. The highest BCUT2D eigenvalue weighted by Crippen LogP contribution is 2.45. The zero-order valence-electron chi connectivity index (χ0n) is 66.1. The SMILES string of the molecule is CCCCCCCCCCCCCCCCCCCCCCCCC(=O)O[C@H](COC(=O)CCCCCCCCCCCCCCC(C)C)COP(=O)(O)OC[C@@H](O)COP(=O)(O)OC[C@@H](COC(=O)CCCCCCCCCCCC)OC(=O)CCCCCCCCCCCCCCCC. The van der Waals surface area contributed by atoms with Gasteiger partial charge >= 0.3 is 39.5 Å². The lowest BCUT2D eigenvalue weighted by atomic mass is 10.0. The second-order valence-electron chi connectivity index (χ2n) is 30.0. The average molecular weight is 1480 g/mol. The van der Waals surface area contributed by atoms with Crippen LogP contribution in [0.1, 0.15) is 439 Å². The summed E-state index contributed by atoms with van der Waals surface area (Å²) >= 11 is 0. The maximum atomic E-state index is 13.1. The summed E-state index contributed by atoms with van der Waals surface area (Å²) in [6, 6.07) is 0. The fourth-order valence-corrected chi connectivity index (χ4v) is 14.3. The Hall–Kier alpha value is -1.94. The number of ether oxygens (including phenoxy) is 4. The summed E-state index contributed by atoms with van der Waals surface area (Å²) in [7, 11) is -9.92. The van der Waals surface area contributed by atoms with E-state index in [1.807, 2.05) is 0 Å². The van der Waals surface area contributed by atoms with Crippen LogP contribution in [0.15, 0.2) is 0 Å². The molecular formula is C82H160O17P2. The van der Waals surface area contributed by atoms with Gasteiger partial charge in [-0.3, -0.25) is 37.3 Å². The molecule has 0 spiro atoms. The lowest BCUT2D eigenvalue weighted by Gasteiger charge is -2.21. The van der Waals surface area contributed by atoms with Crippen LogP contribution in [0.2, 0.25) is 0 Å². The van der Waals surface area contributed by atoms with Crippen molar-refractivity contribution in [3.63, 3.8) is 0 Å². The first-order valence-electron chi connectivity index (χ1n) is 42.6. The fourth-order valence-electron chi connectivity index (χ4n) is 12.8. The standard InChI is InChI=1S/C82H160O17P2/c1-6-9-12-15-18-21-24-26-28-29-30-31-32-33-34-35-37-43-48-53-58-63-68-82(87)99-78(72-93-80(85)66-61-56-51-46-41-39-38-40-44-49-54-59-64-75(4)5)74-97-101(90,91)95-70-76(83)69-94-100(88,89)96-73-77(71-92-79(84)65-60-55-50-45-23-20-17-14-11-8-3)98-81(86)67-62-57-52-47-42-36-27-25-22-19-16-13-10-7-2/h75-78,83H,6-74H2,1-5H3,(H,88,89)(H,90,91)/t76-,77+,78+/m0/s1. The van der Waals surface area contributed by atoms with Crippen molar-refractivity contribution in [3.05, 3.63) is 0 Å². The molecule has 0 aliphatic heterocycles. The summed E-state index contributed by atoms with van der Waals surface area (Å²) in [5.41, 5.74) is 0. The minimum absolute atomic E-state index is 0.108. The topological polar surface area (TPSA) is 237 Å². The van der Waals surface area contributed by atoms with E-state index in [0.29, 0.717) is 25.7 Å². The molecule has 101 heavy (non-hydrogen) atoms. The molecule has 17 nitrogen and oxygen atoms in total. The quantitative estimate of drug-likeness (QED) is 0.0222. The zero-order valence-corrected chi connectivity index (χ0v) is 67.8. The molecular weight excluding hydrogens is 1320 g/mol. The van der Waals surface area contributed by atoms with E-state index in [1.165, 1.54) is 263 Å². The van der Waals surface area contributed by atoms with E-state index in [-0.39, 0.29) is 25.7 Å². The van der Waals surface area contributed by atoms with Gasteiger partial charge in [-0.2, -0.15) is 0 Å². The number of carbonyl (C=O) groups excluding carboxylic acids is 4. The van der Waals surface area contributed by atoms with Crippen molar-refractivity contribution in [2.45, 2.75) is 457 Å². The molecule has 0 aromatic rings. The summed E-state index contributed by atoms with van der Waals surface area (Å²) in [5.74, 6) is -1.32. The van der Waals surface area contributed by atoms with E-state index in [2.05, 4.69) is 34.6 Å². The van der Waals surface area contributed by atoms with Crippen LogP contribution in [0.25, 0.3) is 0 Å². The maximum absolute atomic E-state index is 13.1. The highest BCUT2D eigenvalue weighted by atomic mass is 31.2. The summed E-state index contributed by atoms with van der Waals surface area (Å²) in [5, 5.41) is 10.6. The van der Waals surface area contributed by atoms with Crippen LogP contribution >= 0.6 is 15.6 Å². The van der Waals surface area contributed by atoms with Crippen LogP contribution in [0, 0.1) is 5.92 Å². The summed E-state index contributed by atoms with van der Waals surface area (Å²) in [4.78, 5) is 73.0. The molecule has 0 heterocycles. The second kappa shape index (κ2) is 74.9. The first-order valence-corrected chi connectivity index (χ1v) is 45.6. The van der Waals surface area contributed by atoms with Crippen molar-refractivity contribution in [2.75, 3.05) is 39.6 Å². The highest BCUT2D eigenvalue weighted by molar-refractivity contribution is 7.47. The molecule has 600 valence electrons. The third-order valence-electron chi connectivity index (χ3n) is 19.3. The molecule has 19 heteroatoms. The number of rotatable bonds is 82. The predicted octanol–water partition coefficient (Wildman–Crippen LogP) is 24.8. The fraction of sp³-hybridized carbons (Fsp3) is 0.951. The molecule has 0 aromatic heterocycles. The van der Waals surface area contributed by atoms with E-state index in [4.69, 9.17) is 37.0 Å². The molecule has 5 atom stereocenters.